The molecule has 3 heterocycles. The number of thiophene rings is 2. The van der Waals surface area contributed by atoms with E-state index in [0.29, 0.717) is 0 Å². The minimum Gasteiger partial charge on any atom is -0.228 e. The van der Waals surface area contributed by atoms with Crippen molar-refractivity contribution in [2.24, 2.45) is 0 Å². The molecule has 7 aromatic carbocycles. The molecule has 48 heavy (non-hydrogen) atoms. The third-order valence-electron chi connectivity index (χ3n) is 9.28. The number of hydrogen-bond acceptors (Lipinski definition) is 4. The molecule has 224 valence electrons. The van der Waals surface area contributed by atoms with Gasteiger partial charge in [-0.05, 0) is 64.7 Å². The highest BCUT2D eigenvalue weighted by Crippen LogP contribution is 2.43. The Morgan fingerprint density at radius 3 is 1.75 bits per heavy atom. The van der Waals surface area contributed by atoms with E-state index in [2.05, 4.69) is 158 Å². The molecule has 0 aliphatic carbocycles. The van der Waals surface area contributed by atoms with Crippen LogP contribution < -0.4 is 0 Å². The molecule has 2 nitrogen and oxygen atoms in total. The third kappa shape index (κ3) is 4.45. The fraction of sp³-hybridized carbons (Fsp3) is 0. The number of nitrogens with zero attached hydrogens (tertiary/aromatic N) is 2. The van der Waals surface area contributed by atoms with E-state index >= 15 is 0 Å². The van der Waals surface area contributed by atoms with Crippen molar-refractivity contribution in [1.29, 1.82) is 0 Å². The van der Waals surface area contributed by atoms with E-state index in [1.54, 1.807) is 0 Å². The van der Waals surface area contributed by atoms with Crippen LogP contribution in [0.25, 0.3) is 96.1 Å². The van der Waals surface area contributed by atoms with Crippen molar-refractivity contribution in [3.8, 4) is 44.9 Å². The monoisotopic (exact) mass is 646 g/mol. The molecule has 0 saturated heterocycles. The van der Waals surface area contributed by atoms with Crippen molar-refractivity contribution in [2.45, 2.75) is 0 Å². The molecule has 0 saturated carbocycles. The molecule has 0 aliphatic heterocycles. The highest BCUT2D eigenvalue weighted by Gasteiger charge is 2.18. The predicted molar refractivity (Wildman–Crippen MR) is 207 cm³/mol. The van der Waals surface area contributed by atoms with E-state index in [9.17, 15) is 0 Å². The summed E-state index contributed by atoms with van der Waals surface area (Å²) in [7, 11) is 0. The minimum absolute atomic E-state index is 0.731. The quantitative estimate of drug-likeness (QED) is 0.190. The second-order valence-corrected chi connectivity index (χ2v) is 14.3. The molecule has 0 atom stereocenters. The van der Waals surface area contributed by atoms with Crippen molar-refractivity contribution in [1.82, 2.24) is 9.97 Å². The molecule has 0 radical (unpaired) electrons. The maximum atomic E-state index is 5.43. The fourth-order valence-corrected chi connectivity index (χ4v) is 9.29. The van der Waals surface area contributed by atoms with E-state index in [0.717, 1.165) is 39.1 Å². The van der Waals surface area contributed by atoms with Crippen LogP contribution in [0.5, 0.6) is 0 Å². The van der Waals surface area contributed by atoms with Crippen LogP contribution in [0.3, 0.4) is 0 Å². The van der Waals surface area contributed by atoms with Gasteiger partial charge in [0.05, 0.1) is 11.2 Å². The standard InChI is InChI=1S/C44H26N2S2/c1-2-10-27(11-3-1)28-12-8-13-29(24-28)30-14-9-15-32(25-30)44-45-37-22-21-35-33-16-4-7-19-39(33)48-43(35)41(37)42(46-44)31-20-23-40-36(26-31)34-17-5-6-18-38(34)47-40/h1-26H. The zero-order chi connectivity index (χ0) is 31.6. The Morgan fingerprint density at radius 1 is 0.354 bits per heavy atom. The first-order valence-corrected chi connectivity index (χ1v) is 17.7. The number of hydrogen-bond donors (Lipinski definition) is 0. The van der Waals surface area contributed by atoms with Crippen molar-refractivity contribution in [3.63, 3.8) is 0 Å². The first kappa shape index (κ1) is 27.4. The predicted octanol–water partition coefficient (Wildman–Crippen LogP) is 13.0. The van der Waals surface area contributed by atoms with E-state index < -0.39 is 0 Å². The van der Waals surface area contributed by atoms with Gasteiger partial charge in [-0.1, -0.05) is 115 Å². The Morgan fingerprint density at radius 2 is 0.958 bits per heavy atom. The maximum Gasteiger partial charge on any atom is 0.160 e. The van der Waals surface area contributed by atoms with E-state index in [1.165, 1.54) is 57.0 Å². The first-order valence-electron chi connectivity index (χ1n) is 16.1. The molecule has 0 amide bonds. The van der Waals surface area contributed by atoms with Crippen LogP contribution in [-0.4, -0.2) is 9.97 Å². The van der Waals surface area contributed by atoms with Gasteiger partial charge in [-0.15, -0.1) is 22.7 Å². The molecule has 0 unspecified atom stereocenters. The van der Waals surface area contributed by atoms with Gasteiger partial charge in [-0.25, -0.2) is 9.97 Å². The largest absolute Gasteiger partial charge is 0.228 e. The first-order chi connectivity index (χ1) is 23.8. The van der Waals surface area contributed by atoms with Crippen LogP contribution in [-0.2, 0) is 0 Å². The highest BCUT2D eigenvalue weighted by atomic mass is 32.1. The van der Waals surface area contributed by atoms with Gasteiger partial charge in [0, 0.05) is 56.9 Å². The molecule has 0 fully saturated rings. The molecule has 10 aromatic rings. The zero-order valence-corrected chi connectivity index (χ0v) is 27.4. The highest BCUT2D eigenvalue weighted by molar-refractivity contribution is 7.27. The lowest BCUT2D eigenvalue weighted by Crippen LogP contribution is -1.96. The van der Waals surface area contributed by atoms with Crippen molar-refractivity contribution < 1.29 is 0 Å². The molecule has 0 spiro atoms. The zero-order valence-electron chi connectivity index (χ0n) is 25.7. The Balaban J connectivity index is 1.20. The Bertz CT molecular complexity index is 2850. The third-order valence-corrected chi connectivity index (χ3v) is 11.6. The van der Waals surface area contributed by atoms with Gasteiger partial charge >= 0.3 is 0 Å². The average molecular weight is 647 g/mol. The van der Waals surface area contributed by atoms with Gasteiger partial charge < -0.3 is 0 Å². The number of fused-ring (bicyclic) bond motifs is 8. The summed E-state index contributed by atoms with van der Waals surface area (Å²) in [6.07, 6.45) is 0. The Labute approximate surface area is 285 Å². The fourth-order valence-electron chi connectivity index (χ4n) is 6.96. The normalized spacial score (nSPS) is 11.8. The molecular formula is C44H26N2S2. The average Bonchev–Trinajstić information content (AvgIpc) is 3.73. The second-order valence-electron chi connectivity index (χ2n) is 12.2. The Kier molecular flexibility index (Phi) is 6.26. The van der Waals surface area contributed by atoms with Crippen molar-refractivity contribution in [3.05, 3.63) is 158 Å². The minimum atomic E-state index is 0.731. The van der Waals surface area contributed by atoms with Crippen molar-refractivity contribution in [2.75, 3.05) is 0 Å². The summed E-state index contributed by atoms with van der Waals surface area (Å²) in [5, 5.41) is 6.20. The van der Waals surface area contributed by atoms with Crippen LogP contribution in [0, 0.1) is 0 Å². The van der Waals surface area contributed by atoms with E-state index in [1.807, 2.05) is 22.7 Å². The van der Waals surface area contributed by atoms with Crippen LogP contribution in [0.4, 0.5) is 0 Å². The van der Waals surface area contributed by atoms with Crippen LogP contribution in [0.2, 0.25) is 0 Å². The summed E-state index contributed by atoms with van der Waals surface area (Å²) in [4.78, 5) is 10.7. The summed E-state index contributed by atoms with van der Waals surface area (Å²) in [5.74, 6) is 0.731. The van der Waals surface area contributed by atoms with Gasteiger partial charge in [0.15, 0.2) is 5.82 Å². The maximum absolute atomic E-state index is 5.43. The topological polar surface area (TPSA) is 25.8 Å². The van der Waals surface area contributed by atoms with Gasteiger partial charge in [0.2, 0.25) is 0 Å². The molecule has 4 heteroatoms. The van der Waals surface area contributed by atoms with Gasteiger partial charge in [0.25, 0.3) is 0 Å². The van der Waals surface area contributed by atoms with Crippen molar-refractivity contribution >= 4 is 73.9 Å². The molecule has 0 aliphatic rings. The number of aromatic nitrogens is 2. The summed E-state index contributed by atoms with van der Waals surface area (Å²) in [5.41, 5.74) is 8.76. The summed E-state index contributed by atoms with van der Waals surface area (Å²) >= 11 is 3.67. The summed E-state index contributed by atoms with van der Waals surface area (Å²) in [6, 6.07) is 56.5. The smallest absolute Gasteiger partial charge is 0.160 e. The van der Waals surface area contributed by atoms with Crippen LogP contribution in [0.1, 0.15) is 0 Å². The van der Waals surface area contributed by atoms with Gasteiger partial charge in [-0.3, -0.25) is 0 Å². The summed E-state index contributed by atoms with van der Waals surface area (Å²) in [6.45, 7) is 0. The molecular weight excluding hydrogens is 621 g/mol. The molecule has 0 bridgehead atoms. The number of rotatable bonds is 4. The van der Waals surface area contributed by atoms with Gasteiger partial charge in [-0.2, -0.15) is 0 Å². The summed E-state index contributed by atoms with van der Waals surface area (Å²) < 4.78 is 5.10. The molecule has 10 rings (SSSR count). The van der Waals surface area contributed by atoms with E-state index in [4.69, 9.17) is 9.97 Å². The van der Waals surface area contributed by atoms with Crippen LogP contribution in [0.15, 0.2) is 158 Å². The molecule has 3 aromatic heterocycles. The lowest BCUT2D eigenvalue weighted by molar-refractivity contribution is 1.23. The lowest BCUT2D eigenvalue weighted by atomic mass is 9.97. The SMILES string of the molecule is c1ccc(-c2cccc(-c3cccc(-c4nc(-c5ccc6sc7ccccc7c6c5)c5c(ccc6c7ccccc7sc65)n4)c3)c2)cc1. The lowest BCUT2D eigenvalue weighted by Gasteiger charge is -2.12. The Hall–Kier alpha value is -5.68. The van der Waals surface area contributed by atoms with E-state index in [-0.39, 0.29) is 0 Å². The van der Waals surface area contributed by atoms with Gasteiger partial charge in [0.1, 0.15) is 0 Å². The molecule has 0 N–H and O–H groups in total. The second kappa shape index (κ2) is 11.0. The van der Waals surface area contributed by atoms with Crippen LogP contribution >= 0.6 is 22.7 Å². The number of benzene rings is 7.